The number of aliphatic carboxylic acids is 1. The summed E-state index contributed by atoms with van der Waals surface area (Å²) in [5.41, 5.74) is 0.304. The summed E-state index contributed by atoms with van der Waals surface area (Å²) in [5, 5.41) is 41.3. The van der Waals surface area contributed by atoms with Crippen LogP contribution in [0.15, 0.2) is 36.5 Å². The van der Waals surface area contributed by atoms with Gasteiger partial charge in [-0.3, -0.25) is 4.79 Å². The zero-order valence-electron chi connectivity index (χ0n) is 20.7. The van der Waals surface area contributed by atoms with Crippen LogP contribution in [0.5, 0.6) is 0 Å². The molecule has 0 saturated carbocycles. The minimum absolute atomic E-state index is 0.0352. The molecule has 0 aliphatic heterocycles. The molecule has 0 saturated heterocycles. The molecule has 0 bridgehead atoms. The highest BCUT2D eigenvalue weighted by Gasteiger charge is 2.44. The van der Waals surface area contributed by atoms with Gasteiger partial charge in [0, 0.05) is 24.7 Å². The van der Waals surface area contributed by atoms with Crippen molar-refractivity contribution in [2.45, 2.75) is 96.6 Å². The van der Waals surface area contributed by atoms with Gasteiger partial charge in [-0.15, -0.1) is 6.58 Å². The Hall–Kier alpha value is -1.96. The van der Waals surface area contributed by atoms with Crippen molar-refractivity contribution in [3.8, 4) is 0 Å². The molecule has 0 aromatic rings. The molecular weight excluding hydrogens is 436 g/mol. The molecule has 0 radical (unpaired) electrons. The number of aliphatic hydroxyl groups is 3. The number of carboxylic acids is 1. The zero-order chi connectivity index (χ0) is 25.5. The van der Waals surface area contributed by atoms with E-state index in [1.54, 1.807) is 6.08 Å². The number of allylic oxidation sites excluding steroid dienone is 3. The van der Waals surface area contributed by atoms with Gasteiger partial charge in [-0.1, -0.05) is 45.1 Å². The second-order valence-electron chi connectivity index (χ2n) is 10.00. The summed E-state index contributed by atoms with van der Waals surface area (Å²) < 4.78 is 6.13. The Kier molecular flexibility index (Phi) is 10.5. The minimum Gasteiger partial charge on any atom is -0.550 e. The molecule has 7 atom stereocenters. The maximum Gasteiger partial charge on any atom is 0.312 e. The van der Waals surface area contributed by atoms with Gasteiger partial charge in [0.05, 0.1) is 23.7 Å². The monoisotopic (exact) mass is 477 g/mol. The van der Waals surface area contributed by atoms with Gasteiger partial charge in [0.2, 0.25) is 0 Å². The molecule has 0 fully saturated rings. The van der Waals surface area contributed by atoms with E-state index in [4.69, 9.17) is 4.74 Å². The molecule has 0 spiro atoms. The summed E-state index contributed by atoms with van der Waals surface area (Å²) in [6.45, 7) is 9.83. The number of carboxylic acid groups (broad SMARTS) is 1. The molecule has 0 aromatic carbocycles. The fraction of sp³-hybridized carbons (Fsp3) is 0.704. The van der Waals surface area contributed by atoms with Crippen LogP contribution in [0, 0.1) is 23.2 Å². The Morgan fingerprint density at radius 1 is 1.29 bits per heavy atom. The van der Waals surface area contributed by atoms with E-state index in [1.165, 1.54) is 0 Å². The van der Waals surface area contributed by atoms with Crippen LogP contribution in [0.25, 0.3) is 0 Å². The van der Waals surface area contributed by atoms with E-state index in [9.17, 15) is 30.0 Å². The summed E-state index contributed by atoms with van der Waals surface area (Å²) in [5.74, 6) is -1.50. The molecule has 192 valence electrons. The summed E-state index contributed by atoms with van der Waals surface area (Å²) in [6, 6.07) is 0. The van der Waals surface area contributed by atoms with E-state index in [0.29, 0.717) is 38.5 Å². The number of rotatable bonds is 13. The summed E-state index contributed by atoms with van der Waals surface area (Å²) in [6.07, 6.45) is 7.01. The summed E-state index contributed by atoms with van der Waals surface area (Å²) in [7, 11) is 0. The second-order valence-corrected chi connectivity index (χ2v) is 10.00. The number of carbonyl (C=O) groups is 2. The van der Waals surface area contributed by atoms with E-state index in [0.717, 1.165) is 5.57 Å². The Morgan fingerprint density at radius 3 is 2.56 bits per heavy atom. The van der Waals surface area contributed by atoms with E-state index in [-0.39, 0.29) is 30.1 Å². The minimum atomic E-state index is -1.35. The smallest absolute Gasteiger partial charge is 0.312 e. The van der Waals surface area contributed by atoms with Crippen molar-refractivity contribution < 1.29 is 34.8 Å². The Balaban J connectivity index is 2.18. The highest BCUT2D eigenvalue weighted by Crippen LogP contribution is 2.45. The van der Waals surface area contributed by atoms with Gasteiger partial charge in [-0.25, -0.2) is 0 Å². The number of hydrogen-bond acceptors (Lipinski definition) is 7. The lowest BCUT2D eigenvalue weighted by Gasteiger charge is -2.44. The molecule has 0 aromatic heterocycles. The average Bonchev–Trinajstić information content (AvgIpc) is 2.76. The molecule has 0 unspecified atom stereocenters. The molecule has 7 heteroatoms. The van der Waals surface area contributed by atoms with Crippen LogP contribution in [0.3, 0.4) is 0 Å². The number of esters is 1. The Morgan fingerprint density at radius 2 is 1.97 bits per heavy atom. The number of hydrogen-bond donors (Lipinski definition) is 3. The highest BCUT2D eigenvalue weighted by molar-refractivity contribution is 5.77. The molecule has 0 heterocycles. The predicted octanol–water partition coefficient (Wildman–Crippen LogP) is 2.44. The van der Waals surface area contributed by atoms with Crippen LogP contribution in [0.2, 0.25) is 0 Å². The van der Waals surface area contributed by atoms with Gasteiger partial charge in [0.1, 0.15) is 6.10 Å². The zero-order valence-corrected chi connectivity index (χ0v) is 20.7. The Bertz CT molecular complexity index is 767. The topological polar surface area (TPSA) is 127 Å². The SMILES string of the molecule is C=CCC(CC)(CC)C(=O)O[C@H]1C[C@H](O)C=C2C=C[C@H](C)[C@H](CC[C@@H](O)C[C@@H](O)CC(=O)[O-])[C@H]21. The lowest BCUT2D eigenvalue weighted by Crippen LogP contribution is -2.45. The van der Waals surface area contributed by atoms with Gasteiger partial charge in [0.25, 0.3) is 0 Å². The van der Waals surface area contributed by atoms with Crippen molar-refractivity contribution in [3.05, 3.63) is 36.5 Å². The second kappa shape index (κ2) is 12.7. The molecular formula is C27H41O7-. The normalized spacial score (nSPS) is 28.4. The number of ether oxygens (including phenoxy) is 1. The quantitative estimate of drug-likeness (QED) is 0.275. The van der Waals surface area contributed by atoms with E-state index >= 15 is 0 Å². The van der Waals surface area contributed by atoms with Crippen LogP contribution in [-0.2, 0) is 14.3 Å². The standard InChI is InChI=1S/C27H42O7/c1-5-12-27(6-2,7-3)26(33)34-23-15-20(29)13-18-9-8-17(4)22(25(18)23)11-10-19(28)14-21(30)16-24(31)32/h5,8-9,13,17,19-23,25,28-30H,1,6-7,10-12,14-16H2,2-4H3,(H,31,32)/p-1/t17-,19+,20+,21+,22-,23-,25-/m0/s1. The van der Waals surface area contributed by atoms with Gasteiger partial charge >= 0.3 is 5.97 Å². The lowest BCUT2D eigenvalue weighted by molar-refractivity contribution is -0.307. The van der Waals surface area contributed by atoms with Crippen LogP contribution in [0.1, 0.15) is 72.1 Å². The first-order chi connectivity index (χ1) is 16.1. The van der Waals surface area contributed by atoms with E-state index < -0.39 is 42.2 Å². The third kappa shape index (κ3) is 7.03. The predicted molar refractivity (Wildman–Crippen MR) is 127 cm³/mol. The summed E-state index contributed by atoms with van der Waals surface area (Å²) >= 11 is 0. The van der Waals surface area contributed by atoms with Crippen molar-refractivity contribution in [1.82, 2.24) is 0 Å². The maximum atomic E-state index is 13.3. The van der Waals surface area contributed by atoms with E-state index in [1.807, 2.05) is 26.0 Å². The van der Waals surface area contributed by atoms with Crippen LogP contribution in [-0.4, -0.2) is 51.7 Å². The van der Waals surface area contributed by atoms with Crippen LogP contribution < -0.4 is 5.11 Å². The first kappa shape index (κ1) is 28.3. The van der Waals surface area contributed by atoms with Gasteiger partial charge in [-0.2, -0.15) is 0 Å². The molecule has 2 aliphatic carbocycles. The Labute approximate surface area is 203 Å². The van der Waals surface area contributed by atoms with Crippen LogP contribution in [0.4, 0.5) is 0 Å². The molecule has 2 aliphatic rings. The molecule has 7 nitrogen and oxygen atoms in total. The van der Waals surface area contributed by atoms with Crippen molar-refractivity contribution in [2.24, 2.45) is 23.2 Å². The lowest BCUT2D eigenvalue weighted by atomic mass is 9.66. The number of carbonyl (C=O) groups excluding carboxylic acids is 2. The van der Waals surface area contributed by atoms with Gasteiger partial charge in [0.15, 0.2) is 0 Å². The third-order valence-electron chi connectivity index (χ3n) is 7.73. The molecule has 3 N–H and O–H groups in total. The van der Waals surface area contributed by atoms with Crippen molar-refractivity contribution in [1.29, 1.82) is 0 Å². The fourth-order valence-corrected chi connectivity index (χ4v) is 5.53. The van der Waals surface area contributed by atoms with Crippen LogP contribution >= 0.6 is 0 Å². The van der Waals surface area contributed by atoms with Gasteiger partial charge in [-0.05, 0) is 55.9 Å². The molecule has 2 rings (SSSR count). The van der Waals surface area contributed by atoms with E-state index in [2.05, 4.69) is 19.6 Å². The largest absolute Gasteiger partial charge is 0.550 e. The number of fused-ring (bicyclic) bond motifs is 1. The fourth-order valence-electron chi connectivity index (χ4n) is 5.53. The first-order valence-electron chi connectivity index (χ1n) is 12.5. The van der Waals surface area contributed by atoms with Crippen molar-refractivity contribution in [2.75, 3.05) is 0 Å². The maximum absolute atomic E-state index is 13.3. The number of aliphatic hydroxyl groups excluding tert-OH is 3. The molecule has 0 amide bonds. The third-order valence-corrected chi connectivity index (χ3v) is 7.73. The van der Waals surface area contributed by atoms with Crippen molar-refractivity contribution >= 4 is 11.9 Å². The average molecular weight is 478 g/mol. The van der Waals surface area contributed by atoms with Gasteiger partial charge < -0.3 is 30.0 Å². The first-order valence-corrected chi connectivity index (χ1v) is 12.5. The van der Waals surface area contributed by atoms with Crippen molar-refractivity contribution in [3.63, 3.8) is 0 Å². The highest BCUT2D eigenvalue weighted by atomic mass is 16.5. The molecule has 34 heavy (non-hydrogen) atoms. The summed E-state index contributed by atoms with van der Waals surface area (Å²) in [4.78, 5) is 24.0.